The van der Waals surface area contributed by atoms with Crippen molar-refractivity contribution in [1.29, 1.82) is 0 Å². The van der Waals surface area contributed by atoms with Crippen LogP contribution in [0.3, 0.4) is 0 Å². The van der Waals surface area contributed by atoms with E-state index in [-0.39, 0.29) is 5.97 Å². The summed E-state index contributed by atoms with van der Waals surface area (Å²) < 4.78 is 4.74. The highest BCUT2D eigenvalue weighted by atomic mass is 16.5. The minimum absolute atomic E-state index is 0.238. The molecule has 1 N–H and O–H groups in total. The van der Waals surface area contributed by atoms with Gasteiger partial charge in [0.15, 0.2) is 0 Å². The largest absolute Gasteiger partial charge is 0.469 e. The molecule has 0 radical (unpaired) electrons. The predicted octanol–water partition coefficient (Wildman–Crippen LogP) is 2.28. The first-order valence-electron chi connectivity index (χ1n) is 5.38. The van der Waals surface area contributed by atoms with Gasteiger partial charge >= 0.3 is 5.97 Å². The Hall–Kier alpha value is -1.95. The smallest absolute Gasteiger partial charge is 0.313 e. The Kier molecular flexibility index (Phi) is 4.17. The van der Waals surface area contributed by atoms with Crippen LogP contribution in [0.15, 0.2) is 24.3 Å². The second-order valence-electron chi connectivity index (χ2n) is 4.45. The summed E-state index contributed by atoms with van der Waals surface area (Å²) in [5.74, 6) is 2.33. The maximum Gasteiger partial charge on any atom is 0.313 e. The molecular formula is C14H17NO2. The first-order valence-corrected chi connectivity index (χ1v) is 5.38. The van der Waals surface area contributed by atoms with Gasteiger partial charge in [-0.15, -0.1) is 6.42 Å². The molecule has 0 amide bonds. The van der Waals surface area contributed by atoms with Crippen LogP contribution in [0, 0.1) is 17.8 Å². The number of nitrogens with one attached hydrogen (secondary N) is 1. The molecule has 3 nitrogen and oxygen atoms in total. The van der Waals surface area contributed by atoms with Crippen LogP contribution in [-0.2, 0) is 9.53 Å². The Bertz CT molecular complexity index is 444. The second kappa shape index (κ2) is 5.40. The summed E-state index contributed by atoms with van der Waals surface area (Å²) in [6, 6.07) is 7.51. The fourth-order valence-corrected chi connectivity index (χ4v) is 1.39. The highest BCUT2D eigenvalue weighted by molar-refractivity contribution is 5.76. The molecule has 1 rings (SSSR count). The second-order valence-corrected chi connectivity index (χ2v) is 4.45. The van der Waals surface area contributed by atoms with Gasteiger partial charge in [0.25, 0.3) is 0 Å². The van der Waals surface area contributed by atoms with Crippen molar-refractivity contribution >= 4 is 11.7 Å². The lowest BCUT2D eigenvalue weighted by atomic mass is 9.93. The lowest BCUT2D eigenvalue weighted by molar-refractivity contribution is -0.149. The van der Waals surface area contributed by atoms with Crippen LogP contribution in [0.1, 0.15) is 19.4 Å². The molecule has 1 aromatic carbocycles. The molecule has 0 unspecified atom stereocenters. The summed E-state index contributed by atoms with van der Waals surface area (Å²) in [7, 11) is 1.39. The van der Waals surface area contributed by atoms with Crippen molar-refractivity contribution in [3.63, 3.8) is 0 Å². The predicted molar refractivity (Wildman–Crippen MR) is 68.7 cm³/mol. The number of carbonyl (C=O) groups excluding carboxylic acids is 1. The van der Waals surface area contributed by atoms with Gasteiger partial charge in [-0.1, -0.05) is 12.0 Å². The van der Waals surface area contributed by atoms with E-state index in [1.54, 1.807) is 0 Å². The standard InChI is InChI=1S/C14H17NO2/c1-5-11-7-6-8-12(9-11)15-10-14(2,3)13(16)17-4/h1,6-9,15H,10H2,2-4H3. The van der Waals surface area contributed by atoms with Crippen molar-refractivity contribution in [3.8, 4) is 12.3 Å². The number of esters is 1. The van der Waals surface area contributed by atoms with E-state index >= 15 is 0 Å². The zero-order valence-corrected chi connectivity index (χ0v) is 10.4. The number of methoxy groups -OCH3 is 1. The molecule has 0 aliphatic carbocycles. The highest BCUT2D eigenvalue weighted by Gasteiger charge is 2.28. The molecule has 0 aromatic heterocycles. The van der Waals surface area contributed by atoms with Crippen molar-refractivity contribution in [1.82, 2.24) is 0 Å². The summed E-state index contributed by atoms with van der Waals surface area (Å²) in [4.78, 5) is 11.5. The Morgan fingerprint density at radius 1 is 1.53 bits per heavy atom. The van der Waals surface area contributed by atoms with E-state index in [9.17, 15) is 4.79 Å². The van der Waals surface area contributed by atoms with Crippen LogP contribution in [0.25, 0.3) is 0 Å². The number of hydrogen-bond donors (Lipinski definition) is 1. The molecule has 1 aromatic rings. The first kappa shape index (κ1) is 13.1. The first-order chi connectivity index (χ1) is 7.99. The average molecular weight is 231 g/mol. The molecule has 0 aliphatic rings. The van der Waals surface area contributed by atoms with Gasteiger partial charge < -0.3 is 10.1 Å². The van der Waals surface area contributed by atoms with Crippen LogP contribution in [0.2, 0.25) is 0 Å². The van der Waals surface area contributed by atoms with Crippen LogP contribution in [0.4, 0.5) is 5.69 Å². The van der Waals surface area contributed by atoms with Crippen LogP contribution < -0.4 is 5.32 Å². The van der Waals surface area contributed by atoms with Crippen molar-refractivity contribution < 1.29 is 9.53 Å². The highest BCUT2D eigenvalue weighted by Crippen LogP contribution is 2.19. The number of benzene rings is 1. The quantitative estimate of drug-likeness (QED) is 0.638. The lowest BCUT2D eigenvalue weighted by Crippen LogP contribution is -2.33. The van der Waals surface area contributed by atoms with Gasteiger partial charge in [0, 0.05) is 17.8 Å². The Morgan fingerprint density at radius 2 is 2.24 bits per heavy atom. The Balaban J connectivity index is 2.67. The van der Waals surface area contributed by atoms with E-state index in [1.807, 2.05) is 38.1 Å². The van der Waals surface area contributed by atoms with Crippen molar-refractivity contribution in [3.05, 3.63) is 29.8 Å². The molecule has 0 aliphatic heterocycles. The summed E-state index contributed by atoms with van der Waals surface area (Å²) in [6.45, 7) is 4.15. The molecular weight excluding hydrogens is 214 g/mol. The zero-order chi connectivity index (χ0) is 12.9. The van der Waals surface area contributed by atoms with Crippen LogP contribution in [-0.4, -0.2) is 19.6 Å². The summed E-state index contributed by atoms with van der Waals surface area (Å²) >= 11 is 0. The van der Waals surface area contributed by atoms with Gasteiger partial charge in [-0.05, 0) is 32.0 Å². The van der Waals surface area contributed by atoms with E-state index in [2.05, 4.69) is 11.2 Å². The molecule has 0 spiro atoms. The molecule has 17 heavy (non-hydrogen) atoms. The Labute approximate surface area is 102 Å². The van der Waals surface area contributed by atoms with E-state index < -0.39 is 5.41 Å². The van der Waals surface area contributed by atoms with Gasteiger partial charge in [-0.3, -0.25) is 4.79 Å². The molecule has 0 heterocycles. The molecule has 0 saturated carbocycles. The van der Waals surface area contributed by atoms with Gasteiger partial charge in [0.1, 0.15) is 0 Å². The molecule has 0 bridgehead atoms. The number of terminal acetylenes is 1. The van der Waals surface area contributed by atoms with E-state index in [4.69, 9.17) is 11.2 Å². The number of anilines is 1. The van der Waals surface area contributed by atoms with Crippen LogP contribution in [0.5, 0.6) is 0 Å². The number of carbonyl (C=O) groups is 1. The molecule has 0 fully saturated rings. The fraction of sp³-hybridized carbons (Fsp3) is 0.357. The lowest BCUT2D eigenvalue weighted by Gasteiger charge is -2.22. The maximum absolute atomic E-state index is 11.5. The summed E-state index contributed by atoms with van der Waals surface area (Å²) in [5, 5.41) is 3.18. The molecule has 0 saturated heterocycles. The van der Waals surface area contributed by atoms with E-state index in [0.717, 1.165) is 11.3 Å². The average Bonchev–Trinajstić information content (AvgIpc) is 2.35. The summed E-state index contributed by atoms with van der Waals surface area (Å²) in [6.07, 6.45) is 5.32. The third-order valence-electron chi connectivity index (χ3n) is 2.50. The van der Waals surface area contributed by atoms with Gasteiger partial charge in [0.2, 0.25) is 0 Å². The number of ether oxygens (including phenoxy) is 1. The number of hydrogen-bond acceptors (Lipinski definition) is 3. The van der Waals surface area contributed by atoms with Crippen molar-refractivity contribution in [2.24, 2.45) is 5.41 Å². The third-order valence-corrected chi connectivity index (χ3v) is 2.50. The monoisotopic (exact) mass is 231 g/mol. The van der Waals surface area contributed by atoms with Crippen LogP contribution >= 0.6 is 0 Å². The Morgan fingerprint density at radius 3 is 2.82 bits per heavy atom. The minimum atomic E-state index is -0.569. The van der Waals surface area contributed by atoms with Crippen molar-refractivity contribution in [2.45, 2.75) is 13.8 Å². The molecule has 0 atom stereocenters. The van der Waals surface area contributed by atoms with E-state index in [0.29, 0.717) is 6.54 Å². The maximum atomic E-state index is 11.5. The SMILES string of the molecule is C#Cc1cccc(NCC(C)(C)C(=O)OC)c1. The normalized spacial score (nSPS) is 10.5. The third kappa shape index (κ3) is 3.53. The van der Waals surface area contributed by atoms with E-state index in [1.165, 1.54) is 7.11 Å². The van der Waals surface area contributed by atoms with Gasteiger partial charge in [-0.2, -0.15) is 0 Å². The molecule has 3 heteroatoms. The minimum Gasteiger partial charge on any atom is -0.469 e. The molecule has 90 valence electrons. The topological polar surface area (TPSA) is 38.3 Å². The number of rotatable bonds is 4. The fourth-order valence-electron chi connectivity index (χ4n) is 1.39. The summed E-state index contributed by atoms with van der Waals surface area (Å²) in [5.41, 5.74) is 1.14. The van der Waals surface area contributed by atoms with Gasteiger partial charge in [0.05, 0.1) is 12.5 Å². The van der Waals surface area contributed by atoms with Gasteiger partial charge in [-0.25, -0.2) is 0 Å². The zero-order valence-electron chi connectivity index (χ0n) is 10.4. The van der Waals surface area contributed by atoms with Crippen molar-refractivity contribution in [2.75, 3.05) is 19.0 Å².